The summed E-state index contributed by atoms with van der Waals surface area (Å²) in [6.07, 6.45) is 3.44. The van der Waals surface area contributed by atoms with Crippen molar-refractivity contribution in [3.05, 3.63) is 105 Å². The van der Waals surface area contributed by atoms with E-state index in [-0.39, 0.29) is 52.6 Å². The molecule has 2 amide bonds. The minimum Gasteiger partial charge on any atom is -0.486 e. The van der Waals surface area contributed by atoms with E-state index in [2.05, 4.69) is 15.8 Å². The fourth-order valence-corrected chi connectivity index (χ4v) is 6.63. The molecule has 4 aromatic rings. The molecule has 0 bridgehead atoms. The van der Waals surface area contributed by atoms with Gasteiger partial charge in [0.15, 0.2) is 5.76 Å². The molecule has 48 heavy (non-hydrogen) atoms. The number of hydrogen-bond donors (Lipinski definition) is 2. The Kier molecular flexibility index (Phi) is 10.6. The first-order valence-corrected chi connectivity index (χ1v) is 16.8. The highest BCUT2D eigenvalue weighted by Gasteiger charge is 2.40. The number of ether oxygens (including phenoxy) is 1. The predicted octanol–water partition coefficient (Wildman–Crippen LogP) is 7.07. The number of nitrogens with zero attached hydrogens (tertiary/aromatic N) is 2. The summed E-state index contributed by atoms with van der Waals surface area (Å²) in [7, 11) is 0. The van der Waals surface area contributed by atoms with Crippen molar-refractivity contribution in [2.45, 2.75) is 57.7 Å². The van der Waals surface area contributed by atoms with Crippen LogP contribution in [0.1, 0.15) is 54.6 Å². The van der Waals surface area contributed by atoms with Gasteiger partial charge in [-0.3, -0.25) is 9.59 Å². The maximum Gasteiger partial charge on any atom is 0.228 e. The van der Waals surface area contributed by atoms with Gasteiger partial charge in [-0.1, -0.05) is 52.6 Å². The average molecular weight is 698 g/mol. The normalized spacial score (nSPS) is 17.6. The molecule has 2 aliphatic rings. The largest absolute Gasteiger partial charge is 0.486 e. The van der Waals surface area contributed by atoms with Gasteiger partial charge in [0.1, 0.15) is 29.7 Å². The highest BCUT2D eigenvalue weighted by molar-refractivity contribution is 6.33. The van der Waals surface area contributed by atoms with Crippen molar-refractivity contribution in [3.8, 4) is 17.0 Å². The molecule has 12 heteroatoms. The van der Waals surface area contributed by atoms with Gasteiger partial charge >= 0.3 is 0 Å². The highest BCUT2D eigenvalue weighted by atomic mass is 35.5. The van der Waals surface area contributed by atoms with E-state index in [1.54, 1.807) is 0 Å². The molecule has 0 radical (unpaired) electrons. The zero-order valence-corrected chi connectivity index (χ0v) is 27.9. The zero-order chi connectivity index (χ0) is 33.8. The predicted molar refractivity (Wildman–Crippen MR) is 179 cm³/mol. The minimum atomic E-state index is -0.752. The molecule has 252 valence electrons. The second-order valence-corrected chi connectivity index (χ2v) is 13.1. The van der Waals surface area contributed by atoms with E-state index in [9.17, 15) is 18.4 Å². The molecule has 1 aromatic heterocycles. The number of nitrogens with one attached hydrogen (secondary N) is 2. The minimum absolute atomic E-state index is 0.0166. The fraction of sp³-hybridized carbons (Fsp3) is 0.361. The Bertz CT molecular complexity index is 1780. The number of aromatic nitrogens is 1. The van der Waals surface area contributed by atoms with E-state index in [4.69, 9.17) is 32.5 Å². The molecule has 1 saturated carbocycles. The lowest BCUT2D eigenvalue weighted by atomic mass is 9.80. The zero-order valence-electron chi connectivity index (χ0n) is 26.4. The van der Waals surface area contributed by atoms with Crippen LogP contribution in [0.5, 0.6) is 5.75 Å². The molecule has 2 heterocycles. The molecule has 2 N–H and O–H groups in total. The van der Waals surface area contributed by atoms with Gasteiger partial charge in [0.2, 0.25) is 11.8 Å². The summed E-state index contributed by atoms with van der Waals surface area (Å²) in [5.41, 5.74) is 2.91. The standard InChI is InChI=1S/C36H36Cl2F2N4O4/c1-21(45)42-15-12-22-2-9-30(37)24(16-22)19-44(25-5-6-25)36(46)29-18-41-14-13-28(29)23-3-7-26(8-4-23)47-20-27-17-33(43-48-27)34-31(39)10-11-32(40)35(34)38/h2-4,7-11,16-17,25,28-29,41H,5-6,12-15,18-20H2,1H3,(H,42,45)/t28-,29+/m1/s1. The number of halogens is 4. The number of amides is 2. The molecule has 2 fully saturated rings. The van der Waals surface area contributed by atoms with Gasteiger partial charge in [-0.2, -0.15) is 0 Å². The van der Waals surface area contributed by atoms with E-state index < -0.39 is 11.6 Å². The Labute approximate surface area is 287 Å². The Morgan fingerprint density at radius 3 is 2.56 bits per heavy atom. The van der Waals surface area contributed by atoms with Crippen molar-refractivity contribution >= 4 is 35.0 Å². The number of benzene rings is 3. The average Bonchev–Trinajstić information content (AvgIpc) is 3.82. The third kappa shape index (κ3) is 7.99. The molecular weight excluding hydrogens is 661 g/mol. The van der Waals surface area contributed by atoms with Gasteiger partial charge in [-0.25, -0.2) is 8.78 Å². The second kappa shape index (κ2) is 15.1. The third-order valence-electron chi connectivity index (χ3n) is 8.86. The molecule has 3 aromatic carbocycles. The summed E-state index contributed by atoms with van der Waals surface area (Å²) in [5, 5.41) is 10.3. The summed E-state index contributed by atoms with van der Waals surface area (Å²) < 4.78 is 39.4. The summed E-state index contributed by atoms with van der Waals surface area (Å²) in [6.45, 7) is 3.88. The first-order chi connectivity index (χ1) is 23.2. The monoisotopic (exact) mass is 696 g/mol. The van der Waals surface area contributed by atoms with Crippen molar-refractivity contribution in [1.29, 1.82) is 0 Å². The number of carbonyl (C=O) groups excluding carboxylic acids is 2. The van der Waals surface area contributed by atoms with E-state index in [1.807, 2.05) is 47.4 Å². The van der Waals surface area contributed by atoms with Gasteiger partial charge in [0, 0.05) is 43.7 Å². The van der Waals surface area contributed by atoms with Gasteiger partial charge in [-0.05, 0) is 85.2 Å². The molecule has 8 nitrogen and oxygen atoms in total. The number of carbonyl (C=O) groups is 2. The van der Waals surface area contributed by atoms with Crippen molar-refractivity contribution in [2.24, 2.45) is 5.92 Å². The molecule has 0 spiro atoms. The Morgan fingerprint density at radius 2 is 1.81 bits per heavy atom. The summed E-state index contributed by atoms with van der Waals surface area (Å²) in [5.74, 6) is -0.732. The Balaban J connectivity index is 1.11. The fourth-order valence-electron chi connectivity index (χ4n) is 6.20. The molecule has 2 atom stereocenters. The molecule has 1 aliphatic heterocycles. The van der Waals surface area contributed by atoms with Gasteiger partial charge in [0.25, 0.3) is 0 Å². The van der Waals surface area contributed by atoms with Crippen molar-refractivity contribution in [3.63, 3.8) is 0 Å². The van der Waals surface area contributed by atoms with Crippen LogP contribution in [0.25, 0.3) is 11.3 Å². The van der Waals surface area contributed by atoms with Crippen molar-refractivity contribution in [2.75, 3.05) is 19.6 Å². The topological polar surface area (TPSA) is 96.7 Å². The first kappa shape index (κ1) is 33.9. The molecule has 6 rings (SSSR count). The van der Waals surface area contributed by atoms with E-state index in [0.717, 1.165) is 54.6 Å². The van der Waals surface area contributed by atoms with Crippen LogP contribution in [-0.4, -0.2) is 47.5 Å². The quantitative estimate of drug-likeness (QED) is 0.154. The lowest BCUT2D eigenvalue weighted by Gasteiger charge is -2.36. The van der Waals surface area contributed by atoms with Gasteiger partial charge < -0.3 is 24.8 Å². The summed E-state index contributed by atoms with van der Waals surface area (Å²) in [4.78, 5) is 27.5. The van der Waals surface area contributed by atoms with Crippen molar-refractivity contribution in [1.82, 2.24) is 20.7 Å². The van der Waals surface area contributed by atoms with Crippen LogP contribution >= 0.6 is 23.2 Å². The highest BCUT2D eigenvalue weighted by Crippen LogP contribution is 2.38. The van der Waals surface area contributed by atoms with E-state index >= 15 is 0 Å². The van der Waals surface area contributed by atoms with Crippen LogP contribution in [0, 0.1) is 17.6 Å². The number of hydrogen-bond acceptors (Lipinski definition) is 6. The van der Waals surface area contributed by atoms with Crippen LogP contribution < -0.4 is 15.4 Å². The Hall–Kier alpha value is -3.99. The molecular formula is C36H36Cl2F2N4O4. The van der Waals surface area contributed by atoms with Crippen LogP contribution in [-0.2, 0) is 29.2 Å². The van der Waals surface area contributed by atoms with Crippen molar-refractivity contribution < 1.29 is 27.6 Å². The van der Waals surface area contributed by atoms with Crippen LogP contribution in [0.2, 0.25) is 10.0 Å². The number of rotatable bonds is 12. The lowest BCUT2D eigenvalue weighted by Crippen LogP contribution is -2.47. The van der Waals surface area contributed by atoms with Crippen LogP contribution in [0.15, 0.2) is 65.2 Å². The first-order valence-electron chi connectivity index (χ1n) is 16.0. The van der Waals surface area contributed by atoms with Crippen LogP contribution in [0.4, 0.5) is 8.78 Å². The summed E-state index contributed by atoms with van der Waals surface area (Å²) in [6, 6.07) is 17.1. The summed E-state index contributed by atoms with van der Waals surface area (Å²) >= 11 is 12.6. The molecule has 1 saturated heterocycles. The third-order valence-corrected chi connectivity index (χ3v) is 9.60. The van der Waals surface area contributed by atoms with Gasteiger partial charge in [0.05, 0.1) is 16.5 Å². The SMILES string of the molecule is CC(=O)NCCc1ccc(Cl)c(CN(C(=O)[C@H]2CNCC[C@@H]2c2ccc(OCc3cc(-c4c(F)ccc(F)c4Cl)no3)cc2)C2CC2)c1. The number of piperidine rings is 1. The maximum absolute atomic E-state index is 14.3. The lowest BCUT2D eigenvalue weighted by molar-refractivity contribution is -0.138. The second-order valence-electron chi connectivity index (χ2n) is 12.3. The Morgan fingerprint density at radius 1 is 1.04 bits per heavy atom. The van der Waals surface area contributed by atoms with E-state index in [0.29, 0.717) is 42.6 Å². The molecule has 0 unspecified atom stereocenters. The maximum atomic E-state index is 14.3. The smallest absolute Gasteiger partial charge is 0.228 e. The van der Waals surface area contributed by atoms with Gasteiger partial charge in [-0.15, -0.1) is 0 Å². The van der Waals surface area contributed by atoms with Crippen LogP contribution in [0.3, 0.4) is 0 Å². The van der Waals surface area contributed by atoms with E-state index in [1.165, 1.54) is 13.0 Å². The molecule has 1 aliphatic carbocycles.